The third-order valence-electron chi connectivity index (χ3n) is 3.65. The van der Waals surface area contributed by atoms with Crippen LogP contribution in [0.2, 0.25) is 0 Å². The molecule has 1 aliphatic rings. The average molecular weight is 339 g/mol. The van der Waals surface area contributed by atoms with Crippen molar-refractivity contribution in [2.45, 2.75) is 11.4 Å². The van der Waals surface area contributed by atoms with Crippen LogP contribution < -0.4 is 10.0 Å². The van der Waals surface area contributed by atoms with E-state index in [1.807, 2.05) is 6.07 Å². The summed E-state index contributed by atoms with van der Waals surface area (Å²) in [6.45, 7) is 3.99. The molecule has 9 heteroatoms. The van der Waals surface area contributed by atoms with E-state index in [1.54, 1.807) is 35.0 Å². The van der Waals surface area contributed by atoms with Gasteiger partial charge in [-0.05, 0) is 12.1 Å². The van der Waals surface area contributed by atoms with Crippen LogP contribution in [0.15, 0.2) is 34.7 Å². The van der Waals surface area contributed by atoms with Gasteiger partial charge in [0.2, 0.25) is 10.0 Å². The number of hydrogen-bond acceptors (Lipinski definition) is 7. The number of sulfonamides is 1. The summed E-state index contributed by atoms with van der Waals surface area (Å²) in [5.74, 6) is 0. The van der Waals surface area contributed by atoms with E-state index in [-0.39, 0.29) is 4.90 Å². The van der Waals surface area contributed by atoms with Gasteiger partial charge in [0.05, 0.1) is 12.2 Å². The fraction of sp³-hybridized carbons (Fsp3) is 0.385. The maximum atomic E-state index is 11.7. The summed E-state index contributed by atoms with van der Waals surface area (Å²) in [7, 11) is -3.71. The minimum Gasteiger partial charge on any atom is -0.368 e. The Hall–Kier alpha value is -1.55. The van der Waals surface area contributed by atoms with Gasteiger partial charge in [-0.25, -0.2) is 13.6 Å². The number of aromatic nitrogens is 2. The van der Waals surface area contributed by atoms with Crippen LogP contribution in [0.3, 0.4) is 0 Å². The van der Waals surface area contributed by atoms with Crippen LogP contribution in [0, 0.1) is 0 Å². The summed E-state index contributed by atoms with van der Waals surface area (Å²) in [4.78, 5) is 4.54. The number of benzene rings is 1. The maximum Gasteiger partial charge on any atom is 0.240 e. The molecule has 2 N–H and O–H groups in total. The second kappa shape index (κ2) is 6.29. The Morgan fingerprint density at radius 3 is 2.55 bits per heavy atom. The minimum atomic E-state index is -3.71. The van der Waals surface area contributed by atoms with Gasteiger partial charge in [-0.2, -0.15) is 0 Å². The molecule has 0 amide bonds. The molecule has 7 nitrogen and oxygen atoms in total. The van der Waals surface area contributed by atoms with Crippen LogP contribution in [0.4, 0.5) is 5.69 Å². The molecule has 3 rings (SSSR count). The monoisotopic (exact) mass is 339 g/mol. The second-order valence-electron chi connectivity index (χ2n) is 5.11. The first-order valence-electron chi connectivity index (χ1n) is 6.88. The number of primary sulfonamides is 1. The topological polar surface area (TPSA) is 92.4 Å². The van der Waals surface area contributed by atoms with E-state index in [2.05, 4.69) is 20.0 Å². The molecular weight excluding hydrogens is 322 g/mol. The summed E-state index contributed by atoms with van der Waals surface area (Å²) in [6, 6.07) is 6.88. The molecule has 1 aromatic heterocycles. The molecule has 2 aromatic rings. The Morgan fingerprint density at radius 2 is 1.91 bits per heavy atom. The van der Waals surface area contributed by atoms with Gasteiger partial charge in [-0.3, -0.25) is 4.90 Å². The standard InChI is InChI=1S/C13H17N5O2S2/c14-22(19,20)12-4-2-1-3-11(12)18-7-5-17(6-8-18)9-13-16-15-10-21-13/h1-4,10H,5-9H2,(H2,14,19,20). The van der Waals surface area contributed by atoms with Crippen LogP contribution in [0.5, 0.6) is 0 Å². The minimum absolute atomic E-state index is 0.188. The first kappa shape index (κ1) is 15.3. The highest BCUT2D eigenvalue weighted by Crippen LogP contribution is 2.25. The molecule has 22 heavy (non-hydrogen) atoms. The number of nitrogens with two attached hydrogens (primary N) is 1. The van der Waals surface area contributed by atoms with Gasteiger partial charge in [0.1, 0.15) is 15.4 Å². The SMILES string of the molecule is NS(=O)(=O)c1ccccc1N1CCN(Cc2nncs2)CC1. The Morgan fingerprint density at radius 1 is 1.18 bits per heavy atom. The number of nitrogens with zero attached hydrogens (tertiary/aromatic N) is 4. The molecule has 1 aromatic carbocycles. The summed E-state index contributed by atoms with van der Waals surface area (Å²) in [5, 5.41) is 14.2. The normalized spacial score (nSPS) is 16.9. The molecule has 0 spiro atoms. The lowest BCUT2D eigenvalue weighted by Crippen LogP contribution is -2.46. The lowest BCUT2D eigenvalue weighted by Gasteiger charge is -2.36. The lowest BCUT2D eigenvalue weighted by molar-refractivity contribution is 0.248. The predicted octanol–water partition coefficient (Wildman–Crippen LogP) is 0.508. The molecule has 0 unspecified atom stereocenters. The quantitative estimate of drug-likeness (QED) is 0.872. The molecule has 2 heterocycles. The van der Waals surface area contributed by atoms with E-state index in [4.69, 9.17) is 5.14 Å². The summed E-state index contributed by atoms with van der Waals surface area (Å²) >= 11 is 1.55. The molecule has 118 valence electrons. The van der Waals surface area contributed by atoms with Gasteiger partial charge in [-0.1, -0.05) is 12.1 Å². The highest BCUT2D eigenvalue weighted by atomic mass is 32.2. The van der Waals surface area contributed by atoms with Crippen molar-refractivity contribution in [2.75, 3.05) is 31.1 Å². The third-order valence-corrected chi connectivity index (χ3v) is 5.29. The van der Waals surface area contributed by atoms with Crippen molar-refractivity contribution in [3.63, 3.8) is 0 Å². The largest absolute Gasteiger partial charge is 0.368 e. The van der Waals surface area contributed by atoms with E-state index < -0.39 is 10.0 Å². The zero-order valence-electron chi connectivity index (χ0n) is 11.9. The van der Waals surface area contributed by atoms with E-state index in [0.717, 1.165) is 37.7 Å². The fourth-order valence-electron chi connectivity index (χ4n) is 2.56. The zero-order valence-corrected chi connectivity index (χ0v) is 13.6. The first-order valence-corrected chi connectivity index (χ1v) is 9.31. The first-order chi connectivity index (χ1) is 10.5. The smallest absolute Gasteiger partial charge is 0.240 e. The van der Waals surface area contributed by atoms with Crippen LogP contribution in [-0.4, -0.2) is 49.7 Å². The second-order valence-corrected chi connectivity index (χ2v) is 7.56. The Labute approximate surface area is 133 Å². The summed E-state index contributed by atoms with van der Waals surface area (Å²) < 4.78 is 23.4. The van der Waals surface area contributed by atoms with Gasteiger partial charge >= 0.3 is 0 Å². The highest BCUT2D eigenvalue weighted by molar-refractivity contribution is 7.89. The molecule has 0 bridgehead atoms. The van der Waals surface area contributed by atoms with Crippen molar-refractivity contribution in [2.24, 2.45) is 5.14 Å². The maximum absolute atomic E-state index is 11.7. The Balaban J connectivity index is 1.69. The molecule has 1 saturated heterocycles. The van der Waals surface area contributed by atoms with E-state index in [1.165, 1.54) is 0 Å². The van der Waals surface area contributed by atoms with Crippen molar-refractivity contribution in [1.29, 1.82) is 0 Å². The predicted molar refractivity (Wildman–Crippen MR) is 85.2 cm³/mol. The van der Waals surface area contributed by atoms with Crippen LogP contribution >= 0.6 is 11.3 Å². The molecule has 0 atom stereocenters. The number of hydrogen-bond donors (Lipinski definition) is 1. The Kier molecular flexibility index (Phi) is 4.39. The molecule has 0 aliphatic carbocycles. The molecule has 0 saturated carbocycles. The molecular formula is C13H17N5O2S2. The third kappa shape index (κ3) is 3.43. The van der Waals surface area contributed by atoms with Gasteiger partial charge in [-0.15, -0.1) is 21.5 Å². The number of piperazine rings is 1. The summed E-state index contributed by atoms with van der Waals surface area (Å²) in [6.07, 6.45) is 0. The van der Waals surface area contributed by atoms with E-state index in [9.17, 15) is 8.42 Å². The number of anilines is 1. The Bertz CT molecular complexity index is 725. The van der Waals surface area contributed by atoms with Crippen molar-refractivity contribution in [1.82, 2.24) is 15.1 Å². The van der Waals surface area contributed by atoms with Crippen molar-refractivity contribution < 1.29 is 8.42 Å². The number of para-hydroxylation sites is 1. The highest BCUT2D eigenvalue weighted by Gasteiger charge is 2.22. The summed E-state index contributed by atoms with van der Waals surface area (Å²) in [5.41, 5.74) is 2.41. The van der Waals surface area contributed by atoms with Gasteiger partial charge in [0.25, 0.3) is 0 Å². The van der Waals surface area contributed by atoms with Crippen LogP contribution in [-0.2, 0) is 16.6 Å². The van der Waals surface area contributed by atoms with Gasteiger partial charge in [0.15, 0.2) is 0 Å². The van der Waals surface area contributed by atoms with Crippen LogP contribution in [0.1, 0.15) is 5.01 Å². The molecule has 1 aliphatic heterocycles. The van der Waals surface area contributed by atoms with Gasteiger partial charge in [0, 0.05) is 26.2 Å². The van der Waals surface area contributed by atoms with Crippen molar-refractivity contribution in [3.8, 4) is 0 Å². The van der Waals surface area contributed by atoms with Crippen molar-refractivity contribution in [3.05, 3.63) is 34.8 Å². The molecule has 0 radical (unpaired) electrons. The zero-order chi connectivity index (χ0) is 15.6. The average Bonchev–Trinajstić information content (AvgIpc) is 3.00. The van der Waals surface area contributed by atoms with E-state index in [0.29, 0.717) is 5.69 Å². The lowest BCUT2D eigenvalue weighted by atomic mass is 10.2. The van der Waals surface area contributed by atoms with E-state index >= 15 is 0 Å². The van der Waals surface area contributed by atoms with Crippen molar-refractivity contribution >= 4 is 27.0 Å². The van der Waals surface area contributed by atoms with Gasteiger partial charge < -0.3 is 4.90 Å². The molecule has 1 fully saturated rings. The number of rotatable bonds is 4. The van der Waals surface area contributed by atoms with Crippen LogP contribution in [0.25, 0.3) is 0 Å². The fourth-order valence-corrected chi connectivity index (χ4v) is 3.89.